The molecule has 2 heterocycles. The molecule has 0 bridgehead atoms. The molecule has 9 heteroatoms. The van der Waals surface area contributed by atoms with E-state index in [9.17, 15) is 14.4 Å². The summed E-state index contributed by atoms with van der Waals surface area (Å²) >= 11 is 0.946. The van der Waals surface area contributed by atoms with Crippen LogP contribution in [0.2, 0.25) is 0 Å². The summed E-state index contributed by atoms with van der Waals surface area (Å²) in [6.45, 7) is 1.52. The van der Waals surface area contributed by atoms with E-state index < -0.39 is 17.3 Å². The highest BCUT2D eigenvalue weighted by atomic mass is 32.1. The number of aromatic carboxylic acids is 1. The number of aromatic nitrogens is 4. The van der Waals surface area contributed by atoms with Crippen molar-refractivity contribution in [2.45, 2.75) is 13.5 Å². The van der Waals surface area contributed by atoms with Crippen molar-refractivity contribution in [3.63, 3.8) is 0 Å². The molecule has 2 rings (SSSR count). The van der Waals surface area contributed by atoms with E-state index >= 15 is 0 Å². The van der Waals surface area contributed by atoms with Gasteiger partial charge < -0.3 is 5.11 Å². The standard InChI is InChI=1S/C8H8N4O4S/c1-3-5(6(13)14)17-4(9-3)2-12-7(15)10-11-8(12)16/h2H2,1H3,(H,10,15)(H,11,16)(H,13,14). The van der Waals surface area contributed by atoms with Gasteiger partial charge in [0, 0.05) is 0 Å². The summed E-state index contributed by atoms with van der Waals surface area (Å²) in [6.07, 6.45) is 0. The van der Waals surface area contributed by atoms with Gasteiger partial charge in [0.1, 0.15) is 9.88 Å². The quantitative estimate of drug-likeness (QED) is 0.675. The van der Waals surface area contributed by atoms with Crippen LogP contribution in [-0.2, 0) is 6.54 Å². The first kappa shape index (κ1) is 11.3. The monoisotopic (exact) mass is 256 g/mol. The Kier molecular flexibility index (Phi) is 2.68. The molecule has 0 unspecified atom stereocenters. The van der Waals surface area contributed by atoms with Gasteiger partial charge in [-0.2, -0.15) is 0 Å². The largest absolute Gasteiger partial charge is 0.477 e. The summed E-state index contributed by atoms with van der Waals surface area (Å²) in [5, 5.41) is 13.5. The average Bonchev–Trinajstić information content (AvgIpc) is 2.76. The average molecular weight is 256 g/mol. The molecule has 0 aliphatic carbocycles. The van der Waals surface area contributed by atoms with Gasteiger partial charge in [0.05, 0.1) is 12.2 Å². The molecule has 0 aliphatic heterocycles. The van der Waals surface area contributed by atoms with Crippen molar-refractivity contribution in [3.8, 4) is 0 Å². The Morgan fingerprint density at radius 1 is 1.41 bits per heavy atom. The van der Waals surface area contributed by atoms with Gasteiger partial charge in [-0.15, -0.1) is 11.3 Å². The number of hydrogen-bond acceptors (Lipinski definition) is 5. The van der Waals surface area contributed by atoms with Gasteiger partial charge in [-0.05, 0) is 6.92 Å². The van der Waals surface area contributed by atoms with E-state index in [4.69, 9.17) is 5.11 Å². The summed E-state index contributed by atoms with van der Waals surface area (Å²) in [6, 6.07) is 0. The maximum absolute atomic E-state index is 11.2. The molecule has 0 aliphatic rings. The van der Waals surface area contributed by atoms with Crippen molar-refractivity contribution in [2.75, 3.05) is 0 Å². The molecular formula is C8H8N4O4S. The molecule has 2 aromatic heterocycles. The zero-order valence-corrected chi connectivity index (χ0v) is 9.50. The third-order valence-corrected chi connectivity index (χ3v) is 3.23. The summed E-state index contributed by atoms with van der Waals surface area (Å²) in [4.78, 5) is 37.3. The minimum absolute atomic E-state index is 0.0452. The van der Waals surface area contributed by atoms with Crippen molar-refractivity contribution in [3.05, 3.63) is 36.5 Å². The lowest BCUT2D eigenvalue weighted by Gasteiger charge is -1.92. The SMILES string of the molecule is Cc1nc(Cn2c(=O)[nH][nH]c2=O)sc1C(=O)O. The molecule has 17 heavy (non-hydrogen) atoms. The van der Waals surface area contributed by atoms with E-state index in [1.54, 1.807) is 6.92 Å². The second-order valence-corrected chi connectivity index (χ2v) is 4.36. The second-order valence-electron chi connectivity index (χ2n) is 3.27. The van der Waals surface area contributed by atoms with Crippen molar-refractivity contribution in [1.82, 2.24) is 19.7 Å². The molecule has 0 amide bonds. The van der Waals surface area contributed by atoms with Crippen LogP contribution in [0.1, 0.15) is 20.4 Å². The first-order valence-electron chi connectivity index (χ1n) is 4.56. The lowest BCUT2D eigenvalue weighted by molar-refractivity contribution is 0.0701. The number of rotatable bonds is 3. The fraction of sp³-hybridized carbons (Fsp3) is 0.250. The lowest BCUT2D eigenvalue weighted by Crippen LogP contribution is -2.26. The maximum Gasteiger partial charge on any atom is 0.347 e. The Bertz CT molecular complexity index is 649. The van der Waals surface area contributed by atoms with E-state index in [0.29, 0.717) is 10.7 Å². The third-order valence-electron chi connectivity index (χ3n) is 2.10. The van der Waals surface area contributed by atoms with Gasteiger partial charge in [-0.1, -0.05) is 0 Å². The topological polar surface area (TPSA) is 121 Å². The molecule has 0 spiro atoms. The highest BCUT2D eigenvalue weighted by Crippen LogP contribution is 2.17. The van der Waals surface area contributed by atoms with Crippen LogP contribution >= 0.6 is 11.3 Å². The minimum Gasteiger partial charge on any atom is -0.477 e. The number of H-pyrrole nitrogens is 2. The first-order valence-corrected chi connectivity index (χ1v) is 5.37. The van der Waals surface area contributed by atoms with Gasteiger partial charge in [-0.25, -0.2) is 34.1 Å². The number of carbonyl (C=O) groups is 1. The molecule has 90 valence electrons. The highest BCUT2D eigenvalue weighted by molar-refractivity contribution is 7.13. The van der Waals surface area contributed by atoms with Gasteiger partial charge in [-0.3, -0.25) is 0 Å². The molecule has 0 atom stereocenters. The fourth-order valence-corrected chi connectivity index (χ4v) is 2.22. The van der Waals surface area contributed by atoms with Gasteiger partial charge in [0.2, 0.25) is 0 Å². The zero-order chi connectivity index (χ0) is 12.6. The van der Waals surface area contributed by atoms with Gasteiger partial charge in [0.15, 0.2) is 0 Å². The molecule has 2 aromatic rings. The summed E-state index contributed by atoms with van der Waals surface area (Å²) in [5.41, 5.74) is -0.794. The van der Waals surface area contributed by atoms with E-state index in [0.717, 1.165) is 15.9 Å². The Hall–Kier alpha value is -2.16. The third kappa shape index (κ3) is 2.04. The minimum atomic E-state index is -1.07. The number of hydrogen-bond donors (Lipinski definition) is 3. The molecule has 0 radical (unpaired) electrons. The van der Waals surface area contributed by atoms with E-state index in [-0.39, 0.29) is 11.4 Å². The number of aryl methyl sites for hydroxylation is 1. The summed E-state index contributed by atoms with van der Waals surface area (Å²) in [7, 11) is 0. The molecule has 0 saturated heterocycles. The number of carboxylic acids is 1. The first-order chi connectivity index (χ1) is 7.99. The fourth-order valence-electron chi connectivity index (χ4n) is 1.33. The van der Waals surface area contributed by atoms with Crippen molar-refractivity contribution < 1.29 is 9.90 Å². The second kappa shape index (κ2) is 4.01. The number of nitrogens with one attached hydrogen (secondary N) is 2. The van der Waals surface area contributed by atoms with Crippen molar-refractivity contribution in [1.29, 1.82) is 0 Å². The molecule has 0 fully saturated rings. The number of aromatic amines is 2. The predicted octanol–water partition coefficient (Wildman–Crippen LogP) is -0.624. The molecule has 8 nitrogen and oxygen atoms in total. The Labute approximate surface area is 97.5 Å². The van der Waals surface area contributed by atoms with Crippen LogP contribution in [0.5, 0.6) is 0 Å². The molecule has 3 N–H and O–H groups in total. The maximum atomic E-state index is 11.2. The smallest absolute Gasteiger partial charge is 0.347 e. The number of nitrogens with zero attached hydrogens (tertiary/aromatic N) is 2. The van der Waals surface area contributed by atoms with Crippen LogP contribution in [0.25, 0.3) is 0 Å². The van der Waals surface area contributed by atoms with Crippen LogP contribution in [0, 0.1) is 6.92 Å². The molecule has 0 aromatic carbocycles. The molecule has 0 saturated carbocycles. The summed E-state index contributed by atoms with van der Waals surface area (Å²) < 4.78 is 0.907. The Morgan fingerprint density at radius 2 is 2.00 bits per heavy atom. The van der Waals surface area contributed by atoms with Crippen molar-refractivity contribution in [2.24, 2.45) is 0 Å². The van der Waals surface area contributed by atoms with Crippen molar-refractivity contribution >= 4 is 17.3 Å². The van der Waals surface area contributed by atoms with Crippen LogP contribution in [0.3, 0.4) is 0 Å². The number of thiazole rings is 1. The molecular weight excluding hydrogens is 248 g/mol. The summed E-state index contributed by atoms with van der Waals surface area (Å²) in [5.74, 6) is -1.07. The van der Waals surface area contributed by atoms with Crippen LogP contribution < -0.4 is 11.4 Å². The van der Waals surface area contributed by atoms with Crippen LogP contribution in [0.15, 0.2) is 9.59 Å². The normalized spacial score (nSPS) is 10.6. The number of carboxylic acid groups (broad SMARTS) is 1. The predicted molar refractivity (Wildman–Crippen MR) is 58.6 cm³/mol. The Balaban J connectivity index is 2.38. The van der Waals surface area contributed by atoms with E-state index in [1.165, 1.54) is 0 Å². The Morgan fingerprint density at radius 3 is 2.47 bits per heavy atom. The van der Waals surface area contributed by atoms with Crippen LogP contribution in [-0.4, -0.2) is 30.8 Å². The van der Waals surface area contributed by atoms with E-state index in [1.807, 2.05) is 0 Å². The van der Waals surface area contributed by atoms with E-state index in [2.05, 4.69) is 15.2 Å². The lowest BCUT2D eigenvalue weighted by atomic mass is 10.4. The highest BCUT2D eigenvalue weighted by Gasteiger charge is 2.15. The van der Waals surface area contributed by atoms with Gasteiger partial charge in [0.25, 0.3) is 0 Å². The van der Waals surface area contributed by atoms with Crippen LogP contribution in [0.4, 0.5) is 0 Å². The zero-order valence-electron chi connectivity index (χ0n) is 8.68. The van der Waals surface area contributed by atoms with Gasteiger partial charge >= 0.3 is 17.3 Å².